The maximum Gasteiger partial charge on any atom is 0.240 e. The molecule has 0 unspecified atom stereocenters. The standard InChI is InChI=1S/C22H22N2O5/c1-13(25)24-17(15-10-20(26-2)22(28-4)21(11-15)27-3)12-16(23-24)19-9-14-7-5-6-8-18(14)29-19/h5-11,17H,12H2,1-4H3/t17-/m0/s1. The van der Waals surface area contributed by atoms with Gasteiger partial charge in [-0.2, -0.15) is 5.10 Å². The van der Waals surface area contributed by atoms with Crippen LogP contribution in [0.25, 0.3) is 11.0 Å². The van der Waals surface area contributed by atoms with E-state index in [1.54, 1.807) is 21.3 Å². The van der Waals surface area contributed by atoms with Gasteiger partial charge in [0.05, 0.1) is 27.4 Å². The van der Waals surface area contributed by atoms with Crippen LogP contribution in [0.3, 0.4) is 0 Å². The molecule has 2 aromatic carbocycles. The van der Waals surface area contributed by atoms with Crippen LogP contribution in [0.15, 0.2) is 52.0 Å². The summed E-state index contributed by atoms with van der Waals surface area (Å²) in [7, 11) is 4.68. The SMILES string of the molecule is COc1cc([C@@H]2CC(c3cc4ccccc4o3)=NN2C(C)=O)cc(OC)c1OC. The van der Waals surface area contributed by atoms with Gasteiger partial charge in [0.2, 0.25) is 11.7 Å². The summed E-state index contributed by atoms with van der Waals surface area (Å²) >= 11 is 0. The predicted molar refractivity (Wildman–Crippen MR) is 109 cm³/mol. The second-order valence-electron chi connectivity index (χ2n) is 6.74. The molecule has 0 fully saturated rings. The van der Waals surface area contributed by atoms with Crippen LogP contribution >= 0.6 is 0 Å². The summed E-state index contributed by atoms with van der Waals surface area (Å²) in [5.41, 5.74) is 2.34. The van der Waals surface area contributed by atoms with Crippen LogP contribution in [0.4, 0.5) is 0 Å². The Morgan fingerprint density at radius 1 is 1.07 bits per heavy atom. The fraction of sp³-hybridized carbons (Fsp3) is 0.273. The topological polar surface area (TPSA) is 73.5 Å². The number of hydrazone groups is 1. The molecule has 0 bridgehead atoms. The first-order valence-electron chi connectivity index (χ1n) is 9.21. The minimum absolute atomic E-state index is 0.158. The first-order chi connectivity index (χ1) is 14.0. The van der Waals surface area contributed by atoms with Crippen molar-refractivity contribution in [1.82, 2.24) is 5.01 Å². The van der Waals surface area contributed by atoms with Gasteiger partial charge in [-0.15, -0.1) is 0 Å². The average Bonchev–Trinajstić information content (AvgIpc) is 3.37. The van der Waals surface area contributed by atoms with Crippen molar-refractivity contribution in [1.29, 1.82) is 0 Å². The molecule has 7 heteroatoms. The number of rotatable bonds is 5. The first kappa shape index (κ1) is 18.9. The van der Waals surface area contributed by atoms with Crippen molar-refractivity contribution >= 4 is 22.6 Å². The van der Waals surface area contributed by atoms with Crippen LogP contribution in [0.2, 0.25) is 0 Å². The number of benzene rings is 2. The maximum absolute atomic E-state index is 12.3. The number of carbonyl (C=O) groups is 1. The number of ether oxygens (including phenoxy) is 3. The number of nitrogens with zero attached hydrogens (tertiary/aromatic N) is 2. The third kappa shape index (κ3) is 3.29. The zero-order valence-corrected chi connectivity index (χ0v) is 16.8. The number of methoxy groups -OCH3 is 3. The van der Waals surface area contributed by atoms with Crippen molar-refractivity contribution in [2.24, 2.45) is 5.10 Å². The van der Waals surface area contributed by atoms with E-state index >= 15 is 0 Å². The lowest BCUT2D eigenvalue weighted by Crippen LogP contribution is -2.24. The predicted octanol–water partition coefficient (Wildman–Crippen LogP) is 4.16. The summed E-state index contributed by atoms with van der Waals surface area (Å²) in [6, 6.07) is 13.1. The van der Waals surface area contributed by atoms with E-state index in [9.17, 15) is 4.79 Å². The smallest absolute Gasteiger partial charge is 0.240 e. The van der Waals surface area contributed by atoms with Gasteiger partial charge >= 0.3 is 0 Å². The van der Waals surface area contributed by atoms with E-state index in [1.165, 1.54) is 11.9 Å². The third-order valence-electron chi connectivity index (χ3n) is 5.01. The molecule has 1 aliphatic heterocycles. The van der Waals surface area contributed by atoms with E-state index in [4.69, 9.17) is 18.6 Å². The number of fused-ring (bicyclic) bond motifs is 1. The zero-order chi connectivity index (χ0) is 20.5. The molecule has 1 atom stereocenters. The Bertz CT molecular complexity index is 1040. The molecule has 1 aliphatic rings. The molecule has 0 radical (unpaired) electrons. The van der Waals surface area contributed by atoms with Crippen LogP contribution in [0, 0.1) is 0 Å². The highest BCUT2D eigenvalue weighted by atomic mass is 16.5. The highest BCUT2D eigenvalue weighted by Crippen LogP contribution is 2.43. The molecule has 2 heterocycles. The summed E-state index contributed by atoms with van der Waals surface area (Å²) in [5, 5.41) is 7.03. The van der Waals surface area contributed by atoms with Gasteiger partial charge < -0.3 is 18.6 Å². The van der Waals surface area contributed by atoms with Gasteiger partial charge in [-0.05, 0) is 29.8 Å². The van der Waals surface area contributed by atoms with Crippen LogP contribution in [-0.2, 0) is 4.79 Å². The van der Waals surface area contributed by atoms with Crippen molar-refractivity contribution in [3.05, 3.63) is 53.8 Å². The van der Waals surface area contributed by atoms with Crippen molar-refractivity contribution < 1.29 is 23.4 Å². The van der Waals surface area contributed by atoms with Crippen molar-refractivity contribution in [3.63, 3.8) is 0 Å². The van der Waals surface area contributed by atoms with Crippen molar-refractivity contribution in [3.8, 4) is 17.2 Å². The van der Waals surface area contributed by atoms with Gasteiger partial charge in [0.1, 0.15) is 11.3 Å². The maximum atomic E-state index is 12.3. The van der Waals surface area contributed by atoms with Crippen LogP contribution in [0.1, 0.15) is 30.7 Å². The molecule has 150 valence electrons. The quantitative estimate of drug-likeness (QED) is 0.650. The molecule has 1 aromatic heterocycles. The first-order valence-corrected chi connectivity index (χ1v) is 9.21. The minimum Gasteiger partial charge on any atom is -0.493 e. The molecule has 29 heavy (non-hydrogen) atoms. The largest absolute Gasteiger partial charge is 0.493 e. The fourth-order valence-electron chi connectivity index (χ4n) is 3.63. The van der Waals surface area contributed by atoms with E-state index in [2.05, 4.69) is 5.10 Å². The molecule has 0 saturated carbocycles. The normalized spacial score (nSPS) is 16.1. The van der Waals surface area contributed by atoms with Crippen LogP contribution < -0.4 is 14.2 Å². The summed E-state index contributed by atoms with van der Waals surface area (Å²) in [6.45, 7) is 1.50. The number of furan rings is 1. The number of carbonyl (C=O) groups excluding carboxylic acids is 1. The van der Waals surface area contributed by atoms with Crippen LogP contribution in [0.5, 0.6) is 17.2 Å². The highest BCUT2D eigenvalue weighted by Gasteiger charge is 2.34. The molecule has 3 aromatic rings. The lowest BCUT2D eigenvalue weighted by atomic mass is 9.99. The molecule has 0 spiro atoms. The van der Waals surface area contributed by atoms with E-state index in [-0.39, 0.29) is 11.9 Å². The number of hydrogen-bond donors (Lipinski definition) is 0. The van der Waals surface area contributed by atoms with Crippen molar-refractivity contribution in [2.75, 3.05) is 21.3 Å². The average molecular weight is 394 g/mol. The molecule has 1 amide bonds. The van der Waals surface area contributed by atoms with Gasteiger partial charge in [0.25, 0.3) is 0 Å². The second kappa shape index (κ2) is 7.50. The van der Waals surface area contributed by atoms with Gasteiger partial charge in [0, 0.05) is 18.7 Å². The Balaban J connectivity index is 1.74. The highest BCUT2D eigenvalue weighted by molar-refractivity contribution is 6.03. The van der Waals surface area contributed by atoms with Gasteiger partial charge in [-0.25, -0.2) is 5.01 Å². The Labute approximate surface area is 168 Å². The second-order valence-corrected chi connectivity index (χ2v) is 6.74. The Morgan fingerprint density at radius 3 is 2.34 bits per heavy atom. The Morgan fingerprint density at radius 2 is 1.76 bits per heavy atom. The molecule has 0 saturated heterocycles. The zero-order valence-electron chi connectivity index (χ0n) is 16.8. The molecular formula is C22H22N2O5. The lowest BCUT2D eigenvalue weighted by molar-refractivity contribution is -0.130. The number of hydrogen-bond acceptors (Lipinski definition) is 6. The Kier molecular flexibility index (Phi) is 4.88. The minimum atomic E-state index is -0.301. The van der Waals surface area contributed by atoms with Gasteiger partial charge in [-0.3, -0.25) is 4.79 Å². The van der Waals surface area contributed by atoms with Crippen LogP contribution in [-0.4, -0.2) is 38.0 Å². The van der Waals surface area contributed by atoms with E-state index < -0.39 is 0 Å². The van der Waals surface area contributed by atoms with E-state index in [0.29, 0.717) is 29.4 Å². The number of amides is 1. The molecule has 7 nitrogen and oxygen atoms in total. The monoisotopic (exact) mass is 394 g/mol. The van der Waals surface area contributed by atoms with E-state index in [0.717, 1.165) is 22.2 Å². The summed E-state index contributed by atoms with van der Waals surface area (Å²) in [6.07, 6.45) is 0.512. The molecular weight excluding hydrogens is 372 g/mol. The lowest BCUT2D eigenvalue weighted by Gasteiger charge is -2.22. The summed E-state index contributed by atoms with van der Waals surface area (Å²) in [5.74, 6) is 2.07. The Hall–Kier alpha value is -3.48. The molecule has 0 N–H and O–H groups in total. The van der Waals surface area contributed by atoms with Gasteiger partial charge in [0.15, 0.2) is 17.3 Å². The van der Waals surface area contributed by atoms with Crippen molar-refractivity contribution in [2.45, 2.75) is 19.4 Å². The summed E-state index contributed by atoms with van der Waals surface area (Å²) in [4.78, 5) is 12.3. The number of para-hydroxylation sites is 1. The third-order valence-corrected chi connectivity index (χ3v) is 5.01. The fourth-order valence-corrected chi connectivity index (χ4v) is 3.63. The van der Waals surface area contributed by atoms with E-state index in [1.807, 2.05) is 42.5 Å². The molecule has 4 rings (SSSR count). The molecule has 0 aliphatic carbocycles. The summed E-state index contributed by atoms with van der Waals surface area (Å²) < 4.78 is 22.3. The van der Waals surface area contributed by atoms with Gasteiger partial charge in [-0.1, -0.05) is 18.2 Å².